The van der Waals surface area contributed by atoms with Crippen LogP contribution >= 0.6 is 0 Å². The molecule has 0 radical (unpaired) electrons. The standard InChI is InChI=1S/C16H26N4O2/c1-13-9-14(2)20(17-13)10-15(21)19-8-5-16(22,12-19)11-18-6-3-4-7-18/h9,22H,3-8,10-12H2,1-2H3. The van der Waals surface area contributed by atoms with Crippen LogP contribution in [0.1, 0.15) is 30.7 Å². The molecule has 1 aromatic rings. The van der Waals surface area contributed by atoms with E-state index in [1.165, 1.54) is 12.8 Å². The molecule has 1 unspecified atom stereocenters. The van der Waals surface area contributed by atoms with E-state index in [1.807, 2.05) is 19.9 Å². The van der Waals surface area contributed by atoms with Crippen molar-refractivity contribution in [1.29, 1.82) is 0 Å². The van der Waals surface area contributed by atoms with Crippen LogP contribution in [0.2, 0.25) is 0 Å². The zero-order valence-electron chi connectivity index (χ0n) is 13.6. The lowest BCUT2D eigenvalue weighted by molar-refractivity contribution is -0.132. The first-order valence-corrected chi connectivity index (χ1v) is 8.19. The van der Waals surface area contributed by atoms with E-state index >= 15 is 0 Å². The van der Waals surface area contributed by atoms with Gasteiger partial charge in [0.15, 0.2) is 0 Å². The Morgan fingerprint density at radius 1 is 1.32 bits per heavy atom. The summed E-state index contributed by atoms with van der Waals surface area (Å²) in [6.45, 7) is 8.07. The highest BCUT2D eigenvalue weighted by atomic mass is 16.3. The largest absolute Gasteiger partial charge is 0.387 e. The van der Waals surface area contributed by atoms with Crippen molar-refractivity contribution in [2.24, 2.45) is 0 Å². The van der Waals surface area contributed by atoms with E-state index in [2.05, 4.69) is 10.00 Å². The molecule has 1 amide bonds. The first-order chi connectivity index (χ1) is 10.5. The van der Waals surface area contributed by atoms with Crippen LogP contribution in [0.4, 0.5) is 0 Å². The molecular formula is C16H26N4O2. The van der Waals surface area contributed by atoms with Crippen molar-refractivity contribution in [3.8, 4) is 0 Å². The van der Waals surface area contributed by atoms with E-state index in [0.29, 0.717) is 26.1 Å². The van der Waals surface area contributed by atoms with Crippen LogP contribution in [-0.2, 0) is 11.3 Å². The number of aromatic nitrogens is 2. The zero-order chi connectivity index (χ0) is 15.7. The predicted molar refractivity (Wildman–Crippen MR) is 83.5 cm³/mol. The number of carbonyl (C=O) groups excluding carboxylic acids is 1. The summed E-state index contributed by atoms with van der Waals surface area (Å²) in [7, 11) is 0. The number of aliphatic hydroxyl groups is 1. The number of rotatable bonds is 4. The molecule has 1 N–H and O–H groups in total. The molecule has 2 fully saturated rings. The number of aryl methyl sites for hydroxylation is 2. The van der Waals surface area contributed by atoms with Crippen LogP contribution in [0.25, 0.3) is 0 Å². The van der Waals surface area contributed by atoms with Crippen LogP contribution in [0.3, 0.4) is 0 Å². The van der Waals surface area contributed by atoms with Crippen LogP contribution < -0.4 is 0 Å². The number of nitrogens with zero attached hydrogens (tertiary/aromatic N) is 4. The summed E-state index contributed by atoms with van der Waals surface area (Å²) in [6, 6.07) is 1.97. The third kappa shape index (κ3) is 3.33. The Balaban J connectivity index is 1.57. The monoisotopic (exact) mass is 306 g/mol. The van der Waals surface area contributed by atoms with Gasteiger partial charge in [-0.3, -0.25) is 9.48 Å². The van der Waals surface area contributed by atoms with E-state index in [1.54, 1.807) is 9.58 Å². The second-order valence-corrected chi connectivity index (χ2v) is 6.86. The first kappa shape index (κ1) is 15.5. The Kier molecular flexibility index (Phi) is 4.23. The smallest absolute Gasteiger partial charge is 0.244 e. The topological polar surface area (TPSA) is 61.6 Å². The Morgan fingerprint density at radius 3 is 2.68 bits per heavy atom. The van der Waals surface area contributed by atoms with Gasteiger partial charge in [0.05, 0.1) is 17.8 Å². The zero-order valence-corrected chi connectivity index (χ0v) is 13.6. The molecular weight excluding hydrogens is 280 g/mol. The average molecular weight is 306 g/mol. The molecule has 0 aliphatic carbocycles. The van der Waals surface area contributed by atoms with Crippen molar-refractivity contribution in [2.45, 2.75) is 45.3 Å². The second-order valence-electron chi connectivity index (χ2n) is 6.86. The summed E-state index contributed by atoms with van der Waals surface area (Å²) < 4.78 is 1.75. The van der Waals surface area contributed by atoms with Gasteiger partial charge in [0.2, 0.25) is 5.91 Å². The maximum absolute atomic E-state index is 12.4. The molecule has 3 rings (SSSR count). The van der Waals surface area contributed by atoms with Crippen LogP contribution in [0.5, 0.6) is 0 Å². The highest BCUT2D eigenvalue weighted by Gasteiger charge is 2.39. The fourth-order valence-corrected chi connectivity index (χ4v) is 3.62. The van der Waals surface area contributed by atoms with Gasteiger partial charge in [-0.1, -0.05) is 0 Å². The first-order valence-electron chi connectivity index (χ1n) is 8.19. The summed E-state index contributed by atoms with van der Waals surface area (Å²) in [6.07, 6.45) is 3.11. The number of hydrogen-bond donors (Lipinski definition) is 1. The summed E-state index contributed by atoms with van der Waals surface area (Å²) in [5.41, 5.74) is 1.18. The van der Waals surface area contributed by atoms with Crippen LogP contribution in [0.15, 0.2) is 6.07 Å². The number of hydrogen-bond acceptors (Lipinski definition) is 4. The summed E-state index contributed by atoms with van der Waals surface area (Å²) in [5, 5.41) is 15.1. The minimum absolute atomic E-state index is 0.0450. The minimum atomic E-state index is -0.741. The maximum Gasteiger partial charge on any atom is 0.244 e. The van der Waals surface area contributed by atoms with Crippen molar-refractivity contribution < 1.29 is 9.90 Å². The van der Waals surface area contributed by atoms with E-state index in [0.717, 1.165) is 24.5 Å². The SMILES string of the molecule is Cc1cc(C)n(CC(=O)N2CCC(O)(CN3CCCC3)C2)n1. The molecule has 1 atom stereocenters. The summed E-state index contributed by atoms with van der Waals surface area (Å²) in [5.74, 6) is 0.0450. The van der Waals surface area contributed by atoms with Crippen molar-refractivity contribution in [2.75, 3.05) is 32.7 Å². The quantitative estimate of drug-likeness (QED) is 0.883. The lowest BCUT2D eigenvalue weighted by Crippen LogP contribution is -2.45. The molecule has 6 heteroatoms. The molecule has 0 aromatic carbocycles. The molecule has 2 aliphatic rings. The highest BCUT2D eigenvalue weighted by molar-refractivity contribution is 5.76. The number of likely N-dealkylation sites (tertiary alicyclic amines) is 2. The van der Waals surface area contributed by atoms with Gasteiger partial charge in [0.1, 0.15) is 6.54 Å². The van der Waals surface area contributed by atoms with Crippen LogP contribution in [-0.4, -0.2) is 68.9 Å². The second kappa shape index (κ2) is 6.01. The summed E-state index contributed by atoms with van der Waals surface area (Å²) in [4.78, 5) is 16.5. The molecule has 122 valence electrons. The third-order valence-corrected chi connectivity index (χ3v) is 4.79. The van der Waals surface area contributed by atoms with Crippen molar-refractivity contribution in [3.05, 3.63) is 17.5 Å². The van der Waals surface area contributed by atoms with Gasteiger partial charge in [-0.2, -0.15) is 5.10 Å². The van der Waals surface area contributed by atoms with Gasteiger partial charge in [0, 0.05) is 18.8 Å². The van der Waals surface area contributed by atoms with Gasteiger partial charge in [-0.15, -0.1) is 0 Å². The molecule has 0 spiro atoms. The number of β-amino-alcohol motifs (C(OH)–C–C–N with tert-alkyl or cyclic N) is 1. The highest BCUT2D eigenvalue weighted by Crippen LogP contribution is 2.24. The third-order valence-electron chi connectivity index (χ3n) is 4.79. The normalized spacial score (nSPS) is 26.0. The fraction of sp³-hybridized carbons (Fsp3) is 0.750. The molecule has 3 heterocycles. The van der Waals surface area contributed by atoms with E-state index < -0.39 is 5.60 Å². The lowest BCUT2D eigenvalue weighted by Gasteiger charge is -2.28. The Morgan fingerprint density at radius 2 is 2.05 bits per heavy atom. The van der Waals surface area contributed by atoms with Crippen LogP contribution in [0, 0.1) is 13.8 Å². The lowest BCUT2D eigenvalue weighted by atomic mass is 10.0. The number of carbonyl (C=O) groups is 1. The molecule has 2 aliphatic heterocycles. The molecule has 6 nitrogen and oxygen atoms in total. The molecule has 2 saturated heterocycles. The average Bonchev–Trinajstić information content (AvgIpc) is 3.13. The van der Waals surface area contributed by atoms with E-state index in [9.17, 15) is 9.90 Å². The minimum Gasteiger partial charge on any atom is -0.387 e. The van der Waals surface area contributed by atoms with Gasteiger partial charge < -0.3 is 14.9 Å². The Bertz CT molecular complexity index is 550. The molecule has 0 saturated carbocycles. The van der Waals surface area contributed by atoms with E-state index in [4.69, 9.17) is 0 Å². The molecule has 0 bridgehead atoms. The Labute approximate surface area is 131 Å². The maximum atomic E-state index is 12.4. The fourth-order valence-electron chi connectivity index (χ4n) is 3.62. The van der Waals surface area contributed by atoms with Crippen molar-refractivity contribution in [3.63, 3.8) is 0 Å². The van der Waals surface area contributed by atoms with E-state index in [-0.39, 0.29) is 12.5 Å². The van der Waals surface area contributed by atoms with Crippen molar-refractivity contribution >= 4 is 5.91 Å². The molecule has 22 heavy (non-hydrogen) atoms. The predicted octanol–water partition coefficient (Wildman–Crippen LogP) is 0.559. The van der Waals surface area contributed by atoms with Gasteiger partial charge in [-0.05, 0) is 52.3 Å². The van der Waals surface area contributed by atoms with Gasteiger partial charge >= 0.3 is 0 Å². The van der Waals surface area contributed by atoms with Crippen molar-refractivity contribution in [1.82, 2.24) is 19.6 Å². The summed E-state index contributed by atoms with van der Waals surface area (Å²) >= 11 is 0. The number of amides is 1. The van der Waals surface area contributed by atoms with Gasteiger partial charge in [0.25, 0.3) is 0 Å². The molecule has 1 aromatic heterocycles. The Hall–Kier alpha value is -1.40. The van der Waals surface area contributed by atoms with Gasteiger partial charge in [-0.25, -0.2) is 0 Å².